The summed E-state index contributed by atoms with van der Waals surface area (Å²) >= 11 is 0. The molecule has 1 aromatic carbocycles. The van der Waals surface area contributed by atoms with Gasteiger partial charge in [-0.25, -0.2) is 0 Å². The number of ether oxygens (including phenoxy) is 2. The average molecular weight is 384 g/mol. The maximum absolute atomic E-state index is 13.1. The molecule has 1 amide bonds. The number of aryl methyl sites for hydroxylation is 1. The highest BCUT2D eigenvalue weighted by molar-refractivity contribution is 5.79. The van der Waals surface area contributed by atoms with E-state index in [1.165, 1.54) is 0 Å². The van der Waals surface area contributed by atoms with Crippen molar-refractivity contribution in [3.63, 3.8) is 0 Å². The molecule has 2 aliphatic heterocycles. The van der Waals surface area contributed by atoms with Gasteiger partial charge in [0.1, 0.15) is 17.9 Å². The summed E-state index contributed by atoms with van der Waals surface area (Å²) in [4.78, 5) is 15.1. The van der Waals surface area contributed by atoms with Crippen molar-refractivity contribution in [2.45, 2.75) is 38.6 Å². The zero-order valence-corrected chi connectivity index (χ0v) is 16.6. The minimum Gasteiger partial charge on any atom is -0.497 e. The van der Waals surface area contributed by atoms with Crippen LogP contribution in [0.5, 0.6) is 5.75 Å². The van der Waals surface area contributed by atoms with Gasteiger partial charge in [-0.1, -0.05) is 12.1 Å². The van der Waals surface area contributed by atoms with E-state index in [0.717, 1.165) is 56.3 Å². The molecular formula is C21H28N4O3. The van der Waals surface area contributed by atoms with Crippen LogP contribution in [0.15, 0.2) is 30.6 Å². The number of carbonyl (C=O) groups excluding carboxylic acids is 1. The van der Waals surface area contributed by atoms with Crippen LogP contribution in [-0.4, -0.2) is 59.0 Å². The van der Waals surface area contributed by atoms with E-state index in [4.69, 9.17) is 9.47 Å². The van der Waals surface area contributed by atoms with Crippen LogP contribution in [0.4, 0.5) is 0 Å². The van der Waals surface area contributed by atoms with E-state index in [2.05, 4.69) is 21.7 Å². The number of hydrogen-bond donors (Lipinski definition) is 0. The molecule has 1 atom stereocenters. The van der Waals surface area contributed by atoms with Crippen molar-refractivity contribution in [3.8, 4) is 5.75 Å². The monoisotopic (exact) mass is 384 g/mol. The molecule has 2 aromatic rings. The van der Waals surface area contributed by atoms with Gasteiger partial charge >= 0.3 is 0 Å². The Hall–Kier alpha value is -2.41. The van der Waals surface area contributed by atoms with Crippen molar-refractivity contribution in [2.75, 3.05) is 33.4 Å². The van der Waals surface area contributed by atoms with Gasteiger partial charge in [-0.2, -0.15) is 0 Å². The van der Waals surface area contributed by atoms with Crippen molar-refractivity contribution in [1.82, 2.24) is 19.7 Å². The molecule has 7 heteroatoms. The third-order valence-corrected chi connectivity index (χ3v) is 6.28. The number of likely N-dealkylation sites (tertiary alicyclic amines) is 1. The van der Waals surface area contributed by atoms with Gasteiger partial charge in [0.2, 0.25) is 5.91 Å². The number of benzene rings is 1. The lowest BCUT2D eigenvalue weighted by Crippen LogP contribution is -2.38. The fraction of sp³-hybridized carbons (Fsp3) is 0.571. The number of aromatic nitrogens is 3. The number of nitrogens with zero attached hydrogens (tertiary/aromatic N) is 4. The molecule has 7 nitrogen and oxygen atoms in total. The Morgan fingerprint density at radius 2 is 2.18 bits per heavy atom. The van der Waals surface area contributed by atoms with Gasteiger partial charge in [0.15, 0.2) is 0 Å². The lowest BCUT2D eigenvalue weighted by atomic mass is 9.71. The zero-order valence-electron chi connectivity index (χ0n) is 16.6. The van der Waals surface area contributed by atoms with Crippen molar-refractivity contribution < 1.29 is 14.3 Å². The van der Waals surface area contributed by atoms with Gasteiger partial charge < -0.3 is 18.9 Å². The van der Waals surface area contributed by atoms with Crippen LogP contribution in [0, 0.1) is 5.41 Å². The maximum atomic E-state index is 13.1. The SMILES string of the molecule is CCn1cnnc1C1CN(C(=O)Cc2cccc(OC)c2)CC12CCOCC2. The van der Waals surface area contributed by atoms with Gasteiger partial charge in [-0.3, -0.25) is 4.79 Å². The largest absolute Gasteiger partial charge is 0.497 e. The summed E-state index contributed by atoms with van der Waals surface area (Å²) in [7, 11) is 1.64. The van der Waals surface area contributed by atoms with E-state index >= 15 is 0 Å². The standard InChI is InChI=1S/C21H28N4O3/c1-3-24-15-22-23-20(24)18-13-25(14-21(18)7-9-28-10-8-21)19(26)12-16-5-4-6-17(11-16)27-2/h4-6,11,15,18H,3,7-10,12-14H2,1-2H3. The molecule has 2 saturated heterocycles. The molecule has 2 fully saturated rings. The van der Waals surface area contributed by atoms with Gasteiger partial charge in [0, 0.05) is 44.2 Å². The molecule has 0 N–H and O–H groups in total. The molecule has 1 spiro atoms. The summed E-state index contributed by atoms with van der Waals surface area (Å²) in [5.41, 5.74) is 1.01. The number of amides is 1. The third-order valence-electron chi connectivity index (χ3n) is 6.28. The molecule has 0 saturated carbocycles. The van der Waals surface area contributed by atoms with Crippen LogP contribution in [0.1, 0.15) is 37.1 Å². The fourth-order valence-electron chi connectivity index (χ4n) is 4.65. The zero-order chi connectivity index (χ0) is 19.6. The van der Waals surface area contributed by atoms with Crippen LogP contribution in [0.2, 0.25) is 0 Å². The first-order valence-electron chi connectivity index (χ1n) is 10.0. The Morgan fingerprint density at radius 1 is 1.36 bits per heavy atom. The summed E-state index contributed by atoms with van der Waals surface area (Å²) in [5, 5.41) is 8.57. The van der Waals surface area contributed by atoms with Crippen LogP contribution in [0.3, 0.4) is 0 Å². The summed E-state index contributed by atoms with van der Waals surface area (Å²) in [6, 6.07) is 7.74. The fourth-order valence-corrected chi connectivity index (χ4v) is 4.65. The topological polar surface area (TPSA) is 69.5 Å². The summed E-state index contributed by atoms with van der Waals surface area (Å²) in [5.74, 6) is 2.14. The second-order valence-corrected chi connectivity index (χ2v) is 7.81. The summed E-state index contributed by atoms with van der Waals surface area (Å²) in [6.07, 6.45) is 4.09. The normalized spacial score (nSPS) is 21.2. The molecule has 0 bridgehead atoms. The number of hydrogen-bond acceptors (Lipinski definition) is 5. The van der Waals surface area contributed by atoms with Gasteiger partial charge in [0.25, 0.3) is 0 Å². The number of rotatable bonds is 5. The van der Waals surface area contributed by atoms with Crippen LogP contribution < -0.4 is 4.74 Å². The van der Waals surface area contributed by atoms with Crippen molar-refractivity contribution >= 4 is 5.91 Å². The number of carbonyl (C=O) groups is 1. The van der Waals surface area contributed by atoms with E-state index in [9.17, 15) is 4.79 Å². The molecule has 2 aliphatic rings. The molecule has 0 aliphatic carbocycles. The predicted octanol–water partition coefficient (Wildman–Crippen LogP) is 2.27. The van der Waals surface area contributed by atoms with Crippen molar-refractivity contribution in [1.29, 1.82) is 0 Å². The van der Waals surface area contributed by atoms with E-state index < -0.39 is 0 Å². The second-order valence-electron chi connectivity index (χ2n) is 7.81. The Bertz CT molecular complexity index is 829. The lowest BCUT2D eigenvalue weighted by Gasteiger charge is -2.37. The van der Waals surface area contributed by atoms with E-state index in [-0.39, 0.29) is 17.2 Å². The molecule has 0 radical (unpaired) electrons. The molecular weight excluding hydrogens is 356 g/mol. The predicted molar refractivity (Wildman–Crippen MR) is 104 cm³/mol. The highest BCUT2D eigenvalue weighted by Gasteiger charge is 2.50. The van der Waals surface area contributed by atoms with E-state index in [1.54, 1.807) is 13.4 Å². The molecule has 4 rings (SSSR count). The van der Waals surface area contributed by atoms with Crippen molar-refractivity contribution in [2.24, 2.45) is 5.41 Å². The smallest absolute Gasteiger partial charge is 0.227 e. The molecule has 1 aromatic heterocycles. The Kier molecular flexibility index (Phi) is 5.35. The highest BCUT2D eigenvalue weighted by atomic mass is 16.5. The molecule has 28 heavy (non-hydrogen) atoms. The first kappa shape index (κ1) is 18.9. The summed E-state index contributed by atoms with van der Waals surface area (Å²) < 4.78 is 13.0. The second kappa shape index (κ2) is 7.91. The first-order chi connectivity index (χ1) is 13.6. The Labute approximate surface area is 165 Å². The van der Waals surface area contributed by atoms with Crippen LogP contribution >= 0.6 is 0 Å². The number of methoxy groups -OCH3 is 1. The molecule has 150 valence electrons. The summed E-state index contributed by atoms with van der Waals surface area (Å²) in [6.45, 7) is 5.89. The van der Waals surface area contributed by atoms with Gasteiger partial charge in [-0.15, -0.1) is 10.2 Å². The van der Waals surface area contributed by atoms with Crippen LogP contribution in [-0.2, 0) is 22.5 Å². The first-order valence-corrected chi connectivity index (χ1v) is 10.0. The van der Waals surface area contributed by atoms with Crippen LogP contribution in [0.25, 0.3) is 0 Å². The Balaban J connectivity index is 1.56. The quantitative estimate of drug-likeness (QED) is 0.791. The minimum absolute atomic E-state index is 0.0300. The maximum Gasteiger partial charge on any atom is 0.227 e. The van der Waals surface area contributed by atoms with E-state index in [1.807, 2.05) is 29.2 Å². The Morgan fingerprint density at radius 3 is 2.93 bits per heavy atom. The van der Waals surface area contributed by atoms with Gasteiger partial charge in [0.05, 0.1) is 13.5 Å². The molecule has 3 heterocycles. The lowest BCUT2D eigenvalue weighted by molar-refractivity contribution is -0.130. The van der Waals surface area contributed by atoms with Gasteiger partial charge in [-0.05, 0) is 37.5 Å². The average Bonchev–Trinajstić information content (AvgIpc) is 3.33. The highest BCUT2D eigenvalue weighted by Crippen LogP contribution is 2.49. The third kappa shape index (κ3) is 3.51. The van der Waals surface area contributed by atoms with E-state index in [0.29, 0.717) is 13.0 Å². The minimum atomic E-state index is 0.0300. The molecule has 1 unspecified atom stereocenters. The van der Waals surface area contributed by atoms with Crippen molar-refractivity contribution in [3.05, 3.63) is 42.0 Å².